The summed E-state index contributed by atoms with van der Waals surface area (Å²) < 4.78 is 0. The van der Waals surface area contributed by atoms with Crippen LogP contribution in [0, 0.1) is 0 Å². The minimum Gasteiger partial charge on any atom is -0.366 e. The summed E-state index contributed by atoms with van der Waals surface area (Å²) in [4.78, 5) is 9.35. The Morgan fingerprint density at radius 1 is 1.23 bits per heavy atom. The number of fused-ring (bicyclic) bond motifs is 1. The van der Waals surface area contributed by atoms with E-state index in [-0.39, 0.29) is 0 Å². The molecule has 0 saturated carbocycles. The minimum absolute atomic E-state index is 0.341. The van der Waals surface area contributed by atoms with E-state index in [1.807, 2.05) is 18.2 Å². The van der Waals surface area contributed by atoms with Crippen molar-refractivity contribution in [3.05, 3.63) is 35.5 Å². The maximum absolute atomic E-state index is 6.29. The molecule has 22 heavy (non-hydrogen) atoms. The molecule has 1 fully saturated rings. The zero-order valence-corrected chi connectivity index (χ0v) is 14.0. The van der Waals surface area contributed by atoms with Crippen molar-refractivity contribution >= 4 is 28.2 Å². The average Bonchev–Trinajstić information content (AvgIpc) is 2.49. The number of halogens is 1. The van der Waals surface area contributed by atoms with Crippen molar-refractivity contribution in [3.63, 3.8) is 0 Å². The molecule has 1 atom stereocenters. The van der Waals surface area contributed by atoms with Crippen molar-refractivity contribution < 1.29 is 0 Å². The summed E-state index contributed by atoms with van der Waals surface area (Å²) in [5.41, 5.74) is 0. The molecule has 1 unspecified atom stereocenters. The Hall–Kier alpha value is -1.36. The number of piperazine rings is 1. The number of anilines is 1. The van der Waals surface area contributed by atoms with Crippen molar-refractivity contribution in [2.24, 2.45) is 0 Å². The summed E-state index contributed by atoms with van der Waals surface area (Å²) in [6.07, 6.45) is 0. The largest absolute Gasteiger partial charge is 0.366 e. The highest BCUT2D eigenvalue weighted by molar-refractivity contribution is 6.34. The van der Waals surface area contributed by atoms with Gasteiger partial charge in [0.1, 0.15) is 11.0 Å². The number of rotatable bonds is 4. The summed E-state index contributed by atoms with van der Waals surface area (Å²) >= 11 is 6.29. The monoisotopic (exact) mass is 318 g/mol. The zero-order valence-electron chi connectivity index (χ0n) is 13.2. The molecule has 1 aromatic carbocycles. The molecule has 1 aliphatic heterocycles. The van der Waals surface area contributed by atoms with Crippen LogP contribution in [0.5, 0.6) is 0 Å². The second kappa shape index (κ2) is 6.82. The number of hydrogen-bond donors (Lipinski definition) is 1. The van der Waals surface area contributed by atoms with Gasteiger partial charge in [-0.1, -0.05) is 35.9 Å². The zero-order chi connectivity index (χ0) is 15.5. The van der Waals surface area contributed by atoms with E-state index in [4.69, 9.17) is 11.6 Å². The smallest absolute Gasteiger partial charge is 0.139 e. The van der Waals surface area contributed by atoms with Gasteiger partial charge < -0.3 is 10.2 Å². The van der Waals surface area contributed by atoms with Gasteiger partial charge in [0.15, 0.2) is 0 Å². The first-order valence-corrected chi connectivity index (χ1v) is 8.22. The lowest BCUT2D eigenvalue weighted by atomic mass is 10.2. The Labute approximate surface area is 137 Å². The third-order valence-corrected chi connectivity index (χ3v) is 4.50. The van der Waals surface area contributed by atoms with Crippen molar-refractivity contribution in [3.8, 4) is 0 Å². The molecule has 0 spiro atoms. The summed E-state index contributed by atoms with van der Waals surface area (Å²) in [5, 5.41) is 6.17. The lowest BCUT2D eigenvalue weighted by molar-refractivity contribution is 0.151. The normalized spacial score (nSPS) is 18.5. The highest BCUT2D eigenvalue weighted by Gasteiger charge is 2.16. The molecule has 1 N–H and O–H groups in total. The van der Waals surface area contributed by atoms with Crippen molar-refractivity contribution in [2.45, 2.75) is 13.0 Å². The van der Waals surface area contributed by atoms with Gasteiger partial charge in [-0.2, -0.15) is 0 Å². The number of pyridine rings is 1. The van der Waals surface area contributed by atoms with E-state index in [0.717, 1.165) is 49.3 Å². The van der Waals surface area contributed by atoms with Gasteiger partial charge in [-0.05, 0) is 25.4 Å². The first-order valence-electron chi connectivity index (χ1n) is 7.84. The number of nitrogens with zero attached hydrogens (tertiary/aromatic N) is 3. The van der Waals surface area contributed by atoms with Crippen molar-refractivity contribution in [1.82, 2.24) is 14.8 Å². The molecule has 5 heteroatoms. The second-order valence-electron chi connectivity index (χ2n) is 6.17. The van der Waals surface area contributed by atoms with Crippen LogP contribution in [-0.4, -0.2) is 60.6 Å². The van der Waals surface area contributed by atoms with E-state index in [2.05, 4.69) is 46.2 Å². The standard InChI is InChI=1S/C17H23ClN4/c1-13(12-22-9-7-21(2)8-10-22)19-16-11-14-5-3-4-6-15(14)17(18)20-16/h3-6,11,13H,7-10,12H2,1-2H3,(H,19,20). The Morgan fingerprint density at radius 2 is 1.95 bits per heavy atom. The highest BCUT2D eigenvalue weighted by Crippen LogP contribution is 2.24. The van der Waals surface area contributed by atoms with Gasteiger partial charge in [0.2, 0.25) is 0 Å². The number of likely N-dealkylation sites (N-methyl/N-ethyl adjacent to an activating group) is 1. The van der Waals surface area contributed by atoms with Gasteiger partial charge in [0, 0.05) is 44.2 Å². The fraction of sp³-hybridized carbons (Fsp3) is 0.471. The van der Waals surface area contributed by atoms with Gasteiger partial charge in [-0.3, -0.25) is 4.90 Å². The highest BCUT2D eigenvalue weighted by atomic mass is 35.5. The van der Waals surface area contributed by atoms with E-state index in [1.165, 1.54) is 0 Å². The first kappa shape index (κ1) is 15.5. The van der Waals surface area contributed by atoms with Crippen LogP contribution in [0.3, 0.4) is 0 Å². The van der Waals surface area contributed by atoms with E-state index in [0.29, 0.717) is 11.2 Å². The molecule has 0 amide bonds. The van der Waals surface area contributed by atoms with E-state index in [1.54, 1.807) is 0 Å². The van der Waals surface area contributed by atoms with Crippen LogP contribution < -0.4 is 5.32 Å². The minimum atomic E-state index is 0.341. The quantitative estimate of drug-likeness (QED) is 0.878. The third kappa shape index (κ3) is 3.69. The average molecular weight is 319 g/mol. The molecule has 1 aromatic heterocycles. The van der Waals surface area contributed by atoms with Crippen LogP contribution in [0.2, 0.25) is 5.15 Å². The van der Waals surface area contributed by atoms with Gasteiger partial charge >= 0.3 is 0 Å². The Bertz CT molecular complexity index is 638. The SMILES string of the molecule is CC(CN1CCN(C)CC1)Nc1cc2ccccc2c(Cl)n1. The van der Waals surface area contributed by atoms with Crippen LogP contribution in [0.1, 0.15) is 6.92 Å². The molecule has 3 rings (SSSR count). The summed E-state index contributed by atoms with van der Waals surface area (Å²) in [6, 6.07) is 10.5. The Morgan fingerprint density at radius 3 is 2.73 bits per heavy atom. The molecule has 0 radical (unpaired) electrons. The number of hydrogen-bond acceptors (Lipinski definition) is 4. The summed E-state index contributed by atoms with van der Waals surface area (Å²) in [6.45, 7) is 7.78. The Kier molecular flexibility index (Phi) is 4.81. The van der Waals surface area contributed by atoms with Gasteiger partial charge in [-0.15, -0.1) is 0 Å². The Balaban J connectivity index is 1.65. The van der Waals surface area contributed by atoms with Crippen LogP contribution in [-0.2, 0) is 0 Å². The molecule has 1 saturated heterocycles. The number of nitrogens with one attached hydrogen (secondary N) is 1. The van der Waals surface area contributed by atoms with Crippen LogP contribution in [0.15, 0.2) is 30.3 Å². The molecule has 118 valence electrons. The summed E-state index contributed by atoms with van der Waals surface area (Å²) in [5.74, 6) is 0.852. The van der Waals surface area contributed by atoms with Gasteiger partial charge in [0.25, 0.3) is 0 Å². The topological polar surface area (TPSA) is 31.4 Å². The molecule has 4 nitrogen and oxygen atoms in total. The second-order valence-corrected chi connectivity index (χ2v) is 6.53. The predicted octanol–water partition coefficient (Wildman–Crippen LogP) is 2.94. The third-order valence-electron chi connectivity index (χ3n) is 4.22. The van der Waals surface area contributed by atoms with Crippen LogP contribution >= 0.6 is 11.6 Å². The fourth-order valence-corrected chi connectivity index (χ4v) is 3.21. The maximum atomic E-state index is 6.29. The van der Waals surface area contributed by atoms with Gasteiger partial charge in [-0.25, -0.2) is 4.98 Å². The van der Waals surface area contributed by atoms with Crippen molar-refractivity contribution in [1.29, 1.82) is 0 Å². The molecule has 0 bridgehead atoms. The van der Waals surface area contributed by atoms with Gasteiger partial charge in [0.05, 0.1) is 0 Å². The van der Waals surface area contributed by atoms with Crippen LogP contribution in [0.25, 0.3) is 10.8 Å². The lowest BCUT2D eigenvalue weighted by Crippen LogP contribution is -2.47. The maximum Gasteiger partial charge on any atom is 0.139 e. The van der Waals surface area contributed by atoms with E-state index < -0.39 is 0 Å². The first-order chi connectivity index (χ1) is 10.6. The number of benzene rings is 1. The van der Waals surface area contributed by atoms with Crippen LogP contribution in [0.4, 0.5) is 5.82 Å². The van der Waals surface area contributed by atoms with Crippen molar-refractivity contribution in [2.75, 3.05) is 45.1 Å². The molecule has 2 aromatic rings. The lowest BCUT2D eigenvalue weighted by Gasteiger charge is -2.34. The molecular formula is C17H23ClN4. The predicted molar refractivity (Wildman–Crippen MR) is 93.8 cm³/mol. The molecule has 0 aliphatic carbocycles. The fourth-order valence-electron chi connectivity index (χ4n) is 2.95. The van der Waals surface area contributed by atoms with E-state index >= 15 is 0 Å². The summed E-state index contributed by atoms with van der Waals surface area (Å²) in [7, 11) is 2.18. The number of aromatic nitrogens is 1. The molecule has 2 heterocycles. The van der Waals surface area contributed by atoms with E-state index in [9.17, 15) is 0 Å². The molecular weight excluding hydrogens is 296 g/mol. The molecule has 1 aliphatic rings.